The van der Waals surface area contributed by atoms with E-state index in [9.17, 15) is 17.6 Å². The van der Waals surface area contributed by atoms with Crippen molar-refractivity contribution < 1.29 is 22.0 Å². The summed E-state index contributed by atoms with van der Waals surface area (Å²) in [5, 5.41) is 0.316. The third-order valence-corrected chi connectivity index (χ3v) is 3.51. The zero-order chi connectivity index (χ0) is 14.3. The van der Waals surface area contributed by atoms with Crippen LogP contribution >= 0.6 is 0 Å². The van der Waals surface area contributed by atoms with Gasteiger partial charge in [0.1, 0.15) is 17.2 Å². The Kier molecular flexibility index (Phi) is 3.20. The predicted octanol–water partition coefficient (Wildman–Crippen LogP) is 3.88. The van der Waals surface area contributed by atoms with Crippen LogP contribution in [0.15, 0.2) is 22.6 Å². The lowest BCUT2D eigenvalue weighted by Crippen LogP contribution is -2.33. The van der Waals surface area contributed by atoms with E-state index in [2.05, 4.69) is 0 Å². The molecule has 0 amide bonds. The van der Waals surface area contributed by atoms with Crippen LogP contribution in [0.1, 0.15) is 17.7 Å². The second kappa shape index (κ2) is 4.77. The van der Waals surface area contributed by atoms with Gasteiger partial charge in [0.15, 0.2) is 0 Å². The fourth-order valence-corrected chi connectivity index (χ4v) is 2.74. The van der Waals surface area contributed by atoms with E-state index in [0.29, 0.717) is 41.7 Å². The molecule has 0 aliphatic carbocycles. The van der Waals surface area contributed by atoms with Crippen molar-refractivity contribution in [3.05, 3.63) is 35.3 Å². The summed E-state index contributed by atoms with van der Waals surface area (Å²) in [6.45, 7) is -0.573. The Hall–Kier alpha value is -1.56. The third-order valence-electron chi connectivity index (χ3n) is 3.51. The highest BCUT2D eigenvalue weighted by atomic mass is 19.4. The molecule has 0 saturated heterocycles. The van der Waals surface area contributed by atoms with Crippen molar-refractivity contribution in [2.75, 3.05) is 13.1 Å². The smallest absolute Gasteiger partial charge is 0.401 e. The zero-order valence-electron chi connectivity index (χ0n) is 10.6. The van der Waals surface area contributed by atoms with Gasteiger partial charge in [-0.3, -0.25) is 4.90 Å². The van der Waals surface area contributed by atoms with Gasteiger partial charge in [0, 0.05) is 18.5 Å². The maximum atomic E-state index is 13.9. The van der Waals surface area contributed by atoms with Crippen LogP contribution < -0.4 is 0 Å². The lowest BCUT2D eigenvalue weighted by Gasteiger charge is -2.21. The summed E-state index contributed by atoms with van der Waals surface area (Å²) in [5.74, 6) is 0.163. The van der Waals surface area contributed by atoms with Gasteiger partial charge in [-0.25, -0.2) is 4.39 Å². The van der Waals surface area contributed by atoms with Crippen LogP contribution in [0.2, 0.25) is 0 Å². The molecule has 0 fully saturated rings. The van der Waals surface area contributed by atoms with E-state index in [1.165, 1.54) is 17.0 Å². The molecule has 0 saturated carbocycles. The Morgan fingerprint density at radius 2 is 2.05 bits per heavy atom. The summed E-state index contributed by atoms with van der Waals surface area (Å²) in [5.41, 5.74) is 0.962. The SMILES string of the molecule is Fc1cccc2oc3c(c12)CN(CC(F)(F)F)CCC3. The summed E-state index contributed by atoms with van der Waals surface area (Å²) in [7, 11) is 0. The molecule has 2 aromatic rings. The predicted molar refractivity (Wildman–Crippen MR) is 65.8 cm³/mol. The largest absolute Gasteiger partial charge is 0.461 e. The minimum absolute atomic E-state index is 0.0722. The average Bonchev–Trinajstić information content (AvgIpc) is 2.56. The van der Waals surface area contributed by atoms with Crippen molar-refractivity contribution in [2.45, 2.75) is 25.6 Å². The zero-order valence-corrected chi connectivity index (χ0v) is 10.6. The molecule has 0 N–H and O–H groups in total. The first kappa shape index (κ1) is 13.4. The minimum Gasteiger partial charge on any atom is -0.461 e. The van der Waals surface area contributed by atoms with Crippen LogP contribution in [0.4, 0.5) is 17.6 Å². The molecule has 0 radical (unpaired) electrons. The number of benzene rings is 1. The van der Waals surface area contributed by atoms with E-state index >= 15 is 0 Å². The van der Waals surface area contributed by atoms with E-state index < -0.39 is 18.5 Å². The number of aryl methyl sites for hydroxylation is 1. The van der Waals surface area contributed by atoms with Crippen molar-refractivity contribution in [2.24, 2.45) is 0 Å². The third kappa shape index (κ3) is 2.52. The highest BCUT2D eigenvalue weighted by molar-refractivity contribution is 5.83. The van der Waals surface area contributed by atoms with Crippen molar-refractivity contribution in [1.82, 2.24) is 4.90 Å². The Bertz CT molecular complexity index is 632. The molecule has 108 valence electrons. The number of hydrogen-bond donors (Lipinski definition) is 0. The van der Waals surface area contributed by atoms with Crippen molar-refractivity contribution >= 4 is 11.0 Å². The van der Waals surface area contributed by atoms with Gasteiger partial charge in [-0.1, -0.05) is 6.07 Å². The maximum Gasteiger partial charge on any atom is 0.401 e. The molecule has 6 heteroatoms. The molecule has 0 bridgehead atoms. The summed E-state index contributed by atoms with van der Waals surface area (Å²) in [6.07, 6.45) is -3.13. The molecule has 0 spiro atoms. The molecule has 1 aliphatic rings. The summed E-state index contributed by atoms with van der Waals surface area (Å²) in [4.78, 5) is 1.30. The number of furan rings is 1. The highest BCUT2D eigenvalue weighted by Gasteiger charge is 2.32. The normalized spacial score (nSPS) is 17.2. The standard InChI is InChI=1S/C14H13F4NO/c15-10-3-1-4-12-13(10)9-7-19(8-14(16,17)18)6-2-5-11(9)20-12/h1,3-4H,2,5-8H2. The minimum atomic E-state index is -4.25. The first-order valence-corrected chi connectivity index (χ1v) is 6.42. The van der Waals surface area contributed by atoms with E-state index in [4.69, 9.17) is 4.42 Å². The average molecular weight is 287 g/mol. The van der Waals surface area contributed by atoms with Gasteiger partial charge in [0.2, 0.25) is 0 Å². The first-order valence-electron chi connectivity index (χ1n) is 6.42. The van der Waals surface area contributed by atoms with Gasteiger partial charge in [0.05, 0.1) is 11.9 Å². The fraction of sp³-hybridized carbons (Fsp3) is 0.429. The second-order valence-corrected chi connectivity index (χ2v) is 5.05. The van der Waals surface area contributed by atoms with Gasteiger partial charge in [-0.05, 0) is 25.1 Å². The maximum absolute atomic E-state index is 13.9. The monoisotopic (exact) mass is 287 g/mol. The van der Waals surface area contributed by atoms with Crippen LogP contribution in [-0.2, 0) is 13.0 Å². The topological polar surface area (TPSA) is 16.4 Å². The molecular weight excluding hydrogens is 274 g/mol. The lowest BCUT2D eigenvalue weighted by molar-refractivity contribution is -0.146. The van der Waals surface area contributed by atoms with Crippen LogP contribution in [0, 0.1) is 5.82 Å². The molecule has 3 rings (SSSR count). The number of alkyl halides is 3. The lowest BCUT2D eigenvalue weighted by atomic mass is 10.1. The number of rotatable bonds is 1. The van der Waals surface area contributed by atoms with Gasteiger partial charge < -0.3 is 4.42 Å². The second-order valence-electron chi connectivity index (χ2n) is 5.05. The van der Waals surface area contributed by atoms with E-state index in [-0.39, 0.29) is 6.54 Å². The van der Waals surface area contributed by atoms with Crippen molar-refractivity contribution in [3.8, 4) is 0 Å². The van der Waals surface area contributed by atoms with Gasteiger partial charge >= 0.3 is 6.18 Å². The molecular formula is C14H13F4NO. The Morgan fingerprint density at radius 1 is 1.25 bits per heavy atom. The van der Waals surface area contributed by atoms with Crippen LogP contribution in [0.25, 0.3) is 11.0 Å². The van der Waals surface area contributed by atoms with Crippen LogP contribution in [0.3, 0.4) is 0 Å². The molecule has 2 nitrogen and oxygen atoms in total. The van der Waals surface area contributed by atoms with E-state index in [1.54, 1.807) is 6.07 Å². The quantitative estimate of drug-likeness (QED) is 0.740. The molecule has 1 aromatic heterocycles. The van der Waals surface area contributed by atoms with Gasteiger partial charge in [0.25, 0.3) is 0 Å². The van der Waals surface area contributed by atoms with Crippen LogP contribution in [-0.4, -0.2) is 24.2 Å². The molecule has 20 heavy (non-hydrogen) atoms. The van der Waals surface area contributed by atoms with Crippen molar-refractivity contribution in [3.63, 3.8) is 0 Å². The number of halogens is 4. The summed E-state index contributed by atoms with van der Waals surface area (Å²) < 4.78 is 57.1. The van der Waals surface area contributed by atoms with Crippen LogP contribution in [0.5, 0.6) is 0 Å². The molecule has 1 aromatic carbocycles. The number of nitrogens with zero attached hydrogens (tertiary/aromatic N) is 1. The summed E-state index contributed by atoms with van der Waals surface area (Å²) in [6, 6.07) is 4.48. The fourth-order valence-electron chi connectivity index (χ4n) is 2.74. The molecule has 2 heterocycles. The number of hydrogen-bond acceptors (Lipinski definition) is 2. The van der Waals surface area contributed by atoms with Gasteiger partial charge in [-0.2, -0.15) is 13.2 Å². The van der Waals surface area contributed by atoms with Crippen molar-refractivity contribution in [1.29, 1.82) is 0 Å². The van der Waals surface area contributed by atoms with E-state index in [1.807, 2.05) is 0 Å². The van der Waals surface area contributed by atoms with Gasteiger partial charge in [-0.15, -0.1) is 0 Å². The molecule has 0 unspecified atom stereocenters. The molecule has 1 aliphatic heterocycles. The number of fused-ring (bicyclic) bond motifs is 3. The Morgan fingerprint density at radius 3 is 2.80 bits per heavy atom. The van der Waals surface area contributed by atoms with E-state index in [0.717, 1.165) is 0 Å². The molecule has 0 atom stereocenters. The first-order chi connectivity index (χ1) is 9.44. The Labute approximate surface area is 113 Å². The summed E-state index contributed by atoms with van der Waals surface area (Å²) >= 11 is 0. The highest BCUT2D eigenvalue weighted by Crippen LogP contribution is 2.32. The Balaban J connectivity index is 2.00.